The lowest BCUT2D eigenvalue weighted by Gasteiger charge is -2.26. The minimum Gasteiger partial charge on any atom is -0.481 e. The van der Waals surface area contributed by atoms with E-state index < -0.39 is 11.4 Å². The normalized spacial score (nSPS) is 13.2. The average molecular weight is 307 g/mol. The van der Waals surface area contributed by atoms with Gasteiger partial charge in [0.05, 0.1) is 6.07 Å². The smallest absolute Gasteiger partial charge is 0.303 e. The second-order valence-electron chi connectivity index (χ2n) is 4.59. The number of rotatable bonds is 7. The van der Waals surface area contributed by atoms with Crippen molar-refractivity contribution in [3.8, 4) is 6.07 Å². The van der Waals surface area contributed by atoms with Gasteiger partial charge in [0.1, 0.15) is 5.41 Å². The predicted molar refractivity (Wildman–Crippen MR) is 86.3 cm³/mol. The van der Waals surface area contributed by atoms with Crippen LogP contribution < -0.4 is 0 Å². The van der Waals surface area contributed by atoms with Gasteiger partial charge in [0, 0.05) is 17.0 Å². The maximum Gasteiger partial charge on any atom is 0.303 e. The Hall–Kier alpha value is -1.38. The molecule has 3 nitrogen and oxygen atoms in total. The third-order valence-electron chi connectivity index (χ3n) is 3.33. The summed E-state index contributed by atoms with van der Waals surface area (Å²) in [5.74, 6) is -0.716. The first-order valence-electron chi connectivity index (χ1n) is 6.37. The number of aliphatic carboxylic acids is 1. The van der Waals surface area contributed by atoms with Gasteiger partial charge in [-0.3, -0.25) is 4.79 Å². The molecular weight excluding hydrogens is 290 g/mol. The Kier molecular flexibility index (Phi) is 6.18. The van der Waals surface area contributed by atoms with Gasteiger partial charge in [0.2, 0.25) is 0 Å². The molecule has 0 radical (unpaired) electrons. The highest BCUT2D eigenvalue weighted by atomic mass is 32.1. The Bertz CT molecular complexity index is 551. The number of hydrogen-bond acceptors (Lipinski definition) is 4. The molecule has 5 heteroatoms. The van der Waals surface area contributed by atoms with E-state index in [2.05, 4.69) is 18.7 Å². The van der Waals surface area contributed by atoms with Crippen LogP contribution >= 0.6 is 24.8 Å². The summed E-state index contributed by atoms with van der Waals surface area (Å²) in [7, 11) is 0. The number of thiocarbonyl (C=S) groups is 1. The summed E-state index contributed by atoms with van der Waals surface area (Å²) in [6.07, 6.45) is 0.894. The van der Waals surface area contributed by atoms with Crippen molar-refractivity contribution in [2.75, 3.05) is 5.75 Å². The minimum atomic E-state index is -1.01. The Labute approximate surface area is 130 Å². The molecule has 106 valence electrons. The molecule has 0 aliphatic heterocycles. The van der Waals surface area contributed by atoms with Gasteiger partial charge in [-0.2, -0.15) is 17.9 Å². The predicted octanol–water partition coefficient (Wildman–Crippen LogP) is 3.27. The number of hydrogen-bond donors (Lipinski definition) is 2. The van der Waals surface area contributed by atoms with Crippen molar-refractivity contribution < 1.29 is 9.90 Å². The maximum atomic E-state index is 10.8. The summed E-state index contributed by atoms with van der Waals surface area (Å²) in [5, 5.41) is 18.3. The highest BCUT2D eigenvalue weighted by Gasteiger charge is 2.35. The van der Waals surface area contributed by atoms with Crippen LogP contribution in [0, 0.1) is 16.7 Å². The Morgan fingerprint density at radius 2 is 2.15 bits per heavy atom. The second kappa shape index (κ2) is 7.41. The Morgan fingerprint density at radius 1 is 1.50 bits per heavy atom. The molecule has 1 N–H and O–H groups in total. The number of carboxylic acids is 1. The summed E-state index contributed by atoms with van der Waals surface area (Å²) in [6, 6.07) is 9.85. The van der Waals surface area contributed by atoms with Crippen LogP contribution in [0.4, 0.5) is 0 Å². The molecule has 1 rings (SSSR count). The molecule has 0 aliphatic rings. The topological polar surface area (TPSA) is 61.1 Å². The van der Waals surface area contributed by atoms with Crippen LogP contribution in [0.3, 0.4) is 0 Å². The minimum absolute atomic E-state index is 0.0947. The molecule has 1 aromatic rings. The molecule has 1 aromatic carbocycles. The number of nitrogens with zero attached hydrogens (tertiary/aromatic N) is 1. The summed E-state index contributed by atoms with van der Waals surface area (Å²) in [6.45, 7) is 2.02. The first-order chi connectivity index (χ1) is 9.50. The van der Waals surface area contributed by atoms with E-state index in [1.165, 1.54) is 0 Å². The quantitative estimate of drug-likeness (QED) is 0.461. The van der Waals surface area contributed by atoms with E-state index in [9.17, 15) is 10.1 Å². The van der Waals surface area contributed by atoms with Crippen molar-refractivity contribution >= 4 is 35.7 Å². The number of carbonyl (C=O) groups is 1. The van der Waals surface area contributed by atoms with Gasteiger partial charge < -0.3 is 5.11 Å². The average Bonchev–Trinajstić information content (AvgIpc) is 2.48. The molecule has 0 saturated heterocycles. The van der Waals surface area contributed by atoms with Crippen LogP contribution in [0.2, 0.25) is 0 Å². The molecular formula is C15H17NO2S2. The zero-order valence-corrected chi connectivity index (χ0v) is 13.0. The summed E-state index contributed by atoms with van der Waals surface area (Å²) < 4.78 is 0. The van der Waals surface area contributed by atoms with Gasteiger partial charge in [-0.15, -0.1) is 0 Å². The van der Waals surface area contributed by atoms with Crippen molar-refractivity contribution in [1.82, 2.24) is 0 Å². The molecule has 1 unspecified atom stereocenters. The fraction of sp³-hybridized carbons (Fsp3) is 0.400. The Balaban J connectivity index is 3.18. The molecule has 1 atom stereocenters. The van der Waals surface area contributed by atoms with E-state index in [1.54, 1.807) is 0 Å². The molecule has 0 amide bonds. The zero-order valence-electron chi connectivity index (χ0n) is 11.3. The molecule has 0 aliphatic carbocycles. The van der Waals surface area contributed by atoms with Crippen molar-refractivity contribution in [2.24, 2.45) is 5.41 Å². The van der Waals surface area contributed by atoms with E-state index in [0.29, 0.717) is 4.86 Å². The van der Waals surface area contributed by atoms with Crippen LogP contribution in [0.5, 0.6) is 0 Å². The van der Waals surface area contributed by atoms with Crippen LogP contribution in [-0.4, -0.2) is 21.7 Å². The van der Waals surface area contributed by atoms with Crippen LogP contribution in [0.25, 0.3) is 0 Å². The number of carboxylic acid groups (broad SMARTS) is 1. The highest BCUT2D eigenvalue weighted by Crippen LogP contribution is 2.32. The van der Waals surface area contributed by atoms with Crippen molar-refractivity contribution in [1.29, 1.82) is 5.26 Å². The van der Waals surface area contributed by atoms with Crippen LogP contribution in [-0.2, 0) is 11.2 Å². The molecule has 0 bridgehead atoms. The zero-order chi connectivity index (χ0) is 15.2. The third-order valence-corrected chi connectivity index (χ3v) is 4.48. The van der Waals surface area contributed by atoms with E-state index >= 15 is 0 Å². The lowest BCUT2D eigenvalue weighted by molar-refractivity contribution is -0.137. The first-order valence-corrected chi connectivity index (χ1v) is 7.41. The van der Waals surface area contributed by atoms with Crippen LogP contribution in [0.1, 0.15) is 30.9 Å². The number of benzene rings is 1. The number of aryl methyl sites for hydroxylation is 1. The van der Waals surface area contributed by atoms with Gasteiger partial charge in [-0.05, 0) is 24.0 Å². The SMILES string of the molecule is CCc1ccccc1C(=S)C(C#N)(CS)CCC(=O)O. The fourth-order valence-electron chi connectivity index (χ4n) is 2.03. The summed E-state index contributed by atoms with van der Waals surface area (Å²) >= 11 is 9.73. The van der Waals surface area contributed by atoms with Gasteiger partial charge >= 0.3 is 5.97 Å². The lowest BCUT2D eigenvalue weighted by atomic mass is 9.79. The maximum absolute atomic E-state index is 10.8. The summed E-state index contributed by atoms with van der Waals surface area (Å²) in [4.78, 5) is 11.3. The van der Waals surface area contributed by atoms with Gasteiger partial charge in [-0.1, -0.05) is 43.4 Å². The van der Waals surface area contributed by atoms with E-state index in [-0.39, 0.29) is 18.6 Å². The largest absolute Gasteiger partial charge is 0.481 e. The molecule has 0 fully saturated rings. The second-order valence-corrected chi connectivity index (χ2v) is 5.31. The monoisotopic (exact) mass is 307 g/mol. The molecule has 0 spiro atoms. The number of thiol groups is 1. The number of nitriles is 1. The van der Waals surface area contributed by atoms with Crippen molar-refractivity contribution in [3.63, 3.8) is 0 Å². The molecule has 0 heterocycles. The van der Waals surface area contributed by atoms with E-state index in [4.69, 9.17) is 17.3 Å². The molecule has 20 heavy (non-hydrogen) atoms. The molecule has 0 aromatic heterocycles. The highest BCUT2D eigenvalue weighted by molar-refractivity contribution is 7.82. The van der Waals surface area contributed by atoms with E-state index in [0.717, 1.165) is 17.5 Å². The Morgan fingerprint density at radius 3 is 2.65 bits per heavy atom. The molecule has 0 saturated carbocycles. The standard InChI is InChI=1S/C15H17NO2S2/c1-2-11-5-3-4-6-12(11)14(20)15(9-16,10-19)8-7-13(17)18/h3-6,19H,2,7-8,10H2,1H3,(H,17,18). The van der Waals surface area contributed by atoms with Gasteiger partial charge in [-0.25, -0.2) is 0 Å². The fourth-order valence-corrected chi connectivity index (χ4v) is 2.95. The first kappa shape index (κ1) is 16.7. The van der Waals surface area contributed by atoms with Gasteiger partial charge in [0.15, 0.2) is 0 Å². The van der Waals surface area contributed by atoms with E-state index in [1.807, 2.05) is 31.2 Å². The summed E-state index contributed by atoms with van der Waals surface area (Å²) in [5.41, 5.74) is 0.905. The third kappa shape index (κ3) is 3.59. The van der Waals surface area contributed by atoms with Crippen molar-refractivity contribution in [3.05, 3.63) is 35.4 Å². The van der Waals surface area contributed by atoms with Crippen molar-refractivity contribution in [2.45, 2.75) is 26.2 Å². The van der Waals surface area contributed by atoms with Gasteiger partial charge in [0.25, 0.3) is 0 Å². The van der Waals surface area contributed by atoms with Crippen LogP contribution in [0.15, 0.2) is 24.3 Å². The lowest BCUT2D eigenvalue weighted by Crippen LogP contribution is -2.32.